The summed E-state index contributed by atoms with van der Waals surface area (Å²) < 4.78 is 13.3. The Hall–Kier alpha value is -2.42. The van der Waals surface area contributed by atoms with Crippen molar-refractivity contribution in [2.24, 2.45) is 5.73 Å². The number of halogens is 1. The summed E-state index contributed by atoms with van der Waals surface area (Å²) in [6, 6.07) is 11.3. The molecule has 0 radical (unpaired) electrons. The van der Waals surface area contributed by atoms with Crippen LogP contribution in [0.1, 0.15) is 39.7 Å². The van der Waals surface area contributed by atoms with E-state index >= 15 is 0 Å². The first-order valence-electron chi connectivity index (χ1n) is 9.97. The number of rotatable bonds is 4. The second kappa shape index (κ2) is 8.75. The number of carbonyl (C=O) groups is 2. The van der Waals surface area contributed by atoms with Crippen LogP contribution in [-0.2, 0) is 11.3 Å². The number of benzene rings is 2. The minimum Gasteiger partial charge on any atom is -0.391 e. The Morgan fingerprint density at radius 1 is 1.23 bits per heavy atom. The van der Waals surface area contributed by atoms with Gasteiger partial charge >= 0.3 is 0 Å². The van der Waals surface area contributed by atoms with E-state index in [9.17, 15) is 19.1 Å². The number of aliphatic hydroxyl groups is 1. The molecule has 0 aromatic heterocycles. The number of piperidine rings is 1. The molecule has 0 bridgehead atoms. The highest BCUT2D eigenvalue weighted by molar-refractivity contribution is 8.00. The highest BCUT2D eigenvalue weighted by Crippen LogP contribution is 2.43. The van der Waals surface area contributed by atoms with Crippen molar-refractivity contribution in [3.8, 4) is 0 Å². The summed E-state index contributed by atoms with van der Waals surface area (Å²) in [5.74, 6) is -0.208. The van der Waals surface area contributed by atoms with Crippen LogP contribution in [0.15, 0.2) is 42.5 Å². The number of anilines is 1. The minimum atomic E-state index is -0.494. The summed E-state index contributed by atoms with van der Waals surface area (Å²) in [7, 11) is 0. The quantitative estimate of drug-likeness (QED) is 0.780. The molecular weight excluding hydrogens is 405 g/mol. The summed E-state index contributed by atoms with van der Waals surface area (Å²) in [6.45, 7) is 1.11. The maximum atomic E-state index is 13.3. The Kier molecular flexibility index (Phi) is 6.08. The summed E-state index contributed by atoms with van der Waals surface area (Å²) in [5, 5.41) is 9.59. The van der Waals surface area contributed by atoms with E-state index in [0.717, 1.165) is 12.0 Å². The van der Waals surface area contributed by atoms with Gasteiger partial charge in [0, 0.05) is 30.9 Å². The van der Waals surface area contributed by atoms with Gasteiger partial charge in [-0.05, 0) is 54.3 Å². The lowest BCUT2D eigenvalue weighted by Gasteiger charge is -2.31. The molecule has 2 aliphatic rings. The zero-order valence-electron chi connectivity index (χ0n) is 16.5. The fraction of sp³-hybridized carbons (Fsp3) is 0.364. The van der Waals surface area contributed by atoms with Crippen molar-refractivity contribution in [2.75, 3.05) is 23.7 Å². The molecule has 4 rings (SSSR count). The fourth-order valence-electron chi connectivity index (χ4n) is 4.00. The van der Waals surface area contributed by atoms with Gasteiger partial charge in [-0.3, -0.25) is 14.5 Å². The van der Waals surface area contributed by atoms with E-state index in [2.05, 4.69) is 0 Å². The van der Waals surface area contributed by atoms with E-state index in [0.29, 0.717) is 42.1 Å². The lowest BCUT2D eigenvalue weighted by atomic mass is 10.0. The van der Waals surface area contributed by atoms with Crippen molar-refractivity contribution >= 4 is 29.3 Å². The van der Waals surface area contributed by atoms with Gasteiger partial charge in [0.05, 0.1) is 11.9 Å². The molecule has 6 nitrogen and oxygen atoms in total. The molecule has 30 heavy (non-hydrogen) atoms. The number of β-amino-alcohol motifs (C(OH)–C–C–N with tert-alkyl or cyclic N) is 1. The average Bonchev–Trinajstić information content (AvgIpc) is 3.14. The number of hydrogen-bond donors (Lipinski definition) is 2. The van der Waals surface area contributed by atoms with Gasteiger partial charge in [0.15, 0.2) is 0 Å². The number of hydrogen-bond acceptors (Lipinski definition) is 5. The number of amides is 2. The van der Waals surface area contributed by atoms with Gasteiger partial charge in [-0.2, -0.15) is 0 Å². The molecular formula is C22H24FN3O3S. The minimum absolute atomic E-state index is 0.0535. The molecule has 2 aromatic rings. The highest BCUT2D eigenvalue weighted by atomic mass is 32.2. The first-order valence-corrected chi connectivity index (χ1v) is 11.0. The van der Waals surface area contributed by atoms with Crippen LogP contribution in [0.25, 0.3) is 0 Å². The Morgan fingerprint density at radius 2 is 2.00 bits per heavy atom. The average molecular weight is 430 g/mol. The lowest BCUT2D eigenvalue weighted by Crippen LogP contribution is -2.42. The van der Waals surface area contributed by atoms with Crippen LogP contribution in [0.5, 0.6) is 0 Å². The summed E-state index contributed by atoms with van der Waals surface area (Å²) in [5.41, 5.74) is 8.66. The Morgan fingerprint density at radius 3 is 2.70 bits per heavy atom. The van der Waals surface area contributed by atoms with Crippen LogP contribution in [0.2, 0.25) is 0 Å². The fourth-order valence-corrected chi connectivity index (χ4v) is 5.17. The lowest BCUT2D eigenvalue weighted by molar-refractivity contribution is -0.115. The molecule has 8 heteroatoms. The molecule has 2 aromatic carbocycles. The molecule has 0 spiro atoms. The Labute approximate surface area is 178 Å². The van der Waals surface area contributed by atoms with E-state index in [1.807, 2.05) is 0 Å². The third kappa shape index (κ3) is 4.08. The van der Waals surface area contributed by atoms with Gasteiger partial charge in [0.1, 0.15) is 11.2 Å². The van der Waals surface area contributed by atoms with E-state index < -0.39 is 6.10 Å². The van der Waals surface area contributed by atoms with Crippen molar-refractivity contribution in [1.82, 2.24) is 4.90 Å². The molecule has 2 unspecified atom stereocenters. The van der Waals surface area contributed by atoms with E-state index in [1.165, 1.54) is 23.9 Å². The van der Waals surface area contributed by atoms with Gasteiger partial charge in [0.2, 0.25) is 5.91 Å². The monoisotopic (exact) mass is 429 g/mol. The van der Waals surface area contributed by atoms with Crippen LogP contribution in [-0.4, -0.2) is 46.8 Å². The summed E-state index contributed by atoms with van der Waals surface area (Å²) in [4.78, 5) is 28.9. The molecule has 158 valence electrons. The van der Waals surface area contributed by atoms with Crippen LogP contribution < -0.4 is 10.6 Å². The zero-order chi connectivity index (χ0) is 21.3. The molecule has 2 amide bonds. The number of carbonyl (C=O) groups excluding carboxylic acids is 2. The van der Waals surface area contributed by atoms with Gasteiger partial charge in [0.25, 0.3) is 5.91 Å². The Bertz CT molecular complexity index is 953. The van der Waals surface area contributed by atoms with Crippen LogP contribution in [0.3, 0.4) is 0 Å². The van der Waals surface area contributed by atoms with Crippen molar-refractivity contribution < 1.29 is 19.1 Å². The van der Waals surface area contributed by atoms with Crippen LogP contribution in [0.4, 0.5) is 10.1 Å². The van der Waals surface area contributed by atoms with Gasteiger partial charge in [-0.25, -0.2) is 4.39 Å². The summed E-state index contributed by atoms with van der Waals surface area (Å²) in [6.07, 6.45) is 0.982. The van der Waals surface area contributed by atoms with E-state index in [4.69, 9.17) is 5.73 Å². The molecule has 2 heterocycles. The molecule has 2 saturated heterocycles. The maximum absolute atomic E-state index is 13.3. The standard InChI is InChI=1S/C22H24FN3O3S/c23-17-6-3-14(4-7-17)22-26(20(28)13-30-22)19-8-5-15(10-16(19)11-24)21(29)25-9-1-2-18(27)12-25/h3-8,10,18,22,27H,1-2,9,11-13,24H2. The second-order valence-corrected chi connectivity index (χ2v) is 8.64. The van der Waals surface area contributed by atoms with Crippen molar-refractivity contribution in [3.63, 3.8) is 0 Å². The van der Waals surface area contributed by atoms with Gasteiger partial charge in [-0.15, -0.1) is 11.8 Å². The first-order chi connectivity index (χ1) is 14.5. The number of thioether (sulfide) groups is 1. The molecule has 2 atom stereocenters. The Balaban J connectivity index is 1.64. The maximum Gasteiger partial charge on any atom is 0.253 e. The van der Waals surface area contributed by atoms with Crippen molar-refractivity contribution in [2.45, 2.75) is 30.9 Å². The number of nitrogens with two attached hydrogens (primary N) is 1. The largest absolute Gasteiger partial charge is 0.391 e. The molecule has 0 aliphatic carbocycles. The third-order valence-electron chi connectivity index (χ3n) is 5.51. The van der Waals surface area contributed by atoms with Crippen molar-refractivity contribution in [1.29, 1.82) is 0 Å². The van der Waals surface area contributed by atoms with Gasteiger partial charge < -0.3 is 15.7 Å². The molecule has 0 saturated carbocycles. The number of nitrogens with zero attached hydrogens (tertiary/aromatic N) is 2. The van der Waals surface area contributed by atoms with Crippen LogP contribution in [0, 0.1) is 5.82 Å². The molecule has 3 N–H and O–H groups in total. The zero-order valence-corrected chi connectivity index (χ0v) is 17.3. The van der Waals surface area contributed by atoms with E-state index in [-0.39, 0.29) is 29.6 Å². The number of aliphatic hydroxyl groups excluding tert-OH is 1. The topological polar surface area (TPSA) is 86.9 Å². The molecule has 2 aliphatic heterocycles. The normalized spacial score (nSPS) is 21.9. The second-order valence-electron chi connectivity index (χ2n) is 7.57. The molecule has 2 fully saturated rings. The van der Waals surface area contributed by atoms with Crippen molar-refractivity contribution in [3.05, 3.63) is 65.0 Å². The van der Waals surface area contributed by atoms with E-state index in [1.54, 1.807) is 40.1 Å². The first kappa shape index (κ1) is 20.8. The predicted molar refractivity (Wildman–Crippen MR) is 115 cm³/mol. The predicted octanol–water partition coefficient (Wildman–Crippen LogP) is 2.66. The smallest absolute Gasteiger partial charge is 0.253 e. The SMILES string of the molecule is NCc1cc(C(=O)N2CCCC(O)C2)ccc1N1C(=O)CSC1c1ccc(F)cc1. The number of likely N-dealkylation sites (tertiary alicyclic amines) is 1. The third-order valence-corrected chi connectivity index (χ3v) is 6.73. The highest BCUT2D eigenvalue weighted by Gasteiger charge is 2.35. The van der Waals surface area contributed by atoms with Gasteiger partial charge in [-0.1, -0.05) is 12.1 Å². The summed E-state index contributed by atoms with van der Waals surface area (Å²) >= 11 is 1.48. The van der Waals surface area contributed by atoms with Crippen LogP contribution >= 0.6 is 11.8 Å².